The van der Waals surface area contributed by atoms with E-state index in [4.69, 9.17) is 4.74 Å². The number of aromatic nitrogens is 2. The largest absolute Gasteiger partial charge is 0.383 e. The molecule has 0 aromatic carbocycles. The lowest BCUT2D eigenvalue weighted by molar-refractivity contribution is 0.210. The Kier molecular flexibility index (Phi) is 4.83. The number of hydrogen-bond acceptors (Lipinski definition) is 5. The van der Waals surface area contributed by atoms with E-state index >= 15 is 0 Å². The van der Waals surface area contributed by atoms with Gasteiger partial charge in [0, 0.05) is 25.9 Å². The third-order valence-corrected chi connectivity index (χ3v) is 1.68. The number of hydrogen-bond donors (Lipinski definition) is 2. The molecule has 15 heavy (non-hydrogen) atoms. The second kappa shape index (κ2) is 6.19. The van der Waals surface area contributed by atoms with Gasteiger partial charge in [-0.15, -0.1) is 0 Å². The van der Waals surface area contributed by atoms with Crippen molar-refractivity contribution in [3.63, 3.8) is 0 Å². The van der Waals surface area contributed by atoms with Gasteiger partial charge in [-0.1, -0.05) is 0 Å². The van der Waals surface area contributed by atoms with Gasteiger partial charge >= 0.3 is 0 Å². The van der Waals surface area contributed by atoms with E-state index in [2.05, 4.69) is 34.4 Å². The van der Waals surface area contributed by atoms with E-state index in [0.717, 1.165) is 5.82 Å². The van der Waals surface area contributed by atoms with Crippen LogP contribution in [-0.2, 0) is 4.74 Å². The average Bonchev–Trinajstić information content (AvgIpc) is 2.18. The summed E-state index contributed by atoms with van der Waals surface area (Å²) < 4.78 is 4.92. The fourth-order valence-corrected chi connectivity index (χ4v) is 1.08. The van der Waals surface area contributed by atoms with Crippen molar-refractivity contribution in [2.45, 2.75) is 19.9 Å². The molecular formula is C10H18N4O. The van der Waals surface area contributed by atoms with E-state index in [1.807, 2.05) is 6.07 Å². The van der Waals surface area contributed by atoms with Gasteiger partial charge in [-0.25, -0.2) is 4.98 Å². The normalized spacial score (nSPS) is 10.4. The van der Waals surface area contributed by atoms with E-state index in [0.29, 0.717) is 25.1 Å². The molecule has 0 aliphatic carbocycles. The minimum atomic E-state index is 0.367. The molecule has 84 valence electrons. The molecule has 2 N–H and O–H groups in total. The first-order chi connectivity index (χ1) is 7.22. The van der Waals surface area contributed by atoms with Crippen molar-refractivity contribution in [1.82, 2.24) is 9.97 Å². The van der Waals surface area contributed by atoms with Crippen LogP contribution >= 0.6 is 0 Å². The molecule has 0 saturated heterocycles. The first-order valence-electron chi connectivity index (χ1n) is 5.04. The summed E-state index contributed by atoms with van der Waals surface area (Å²) in [6, 6.07) is 2.22. The smallest absolute Gasteiger partial charge is 0.224 e. The minimum Gasteiger partial charge on any atom is -0.383 e. The van der Waals surface area contributed by atoms with Crippen LogP contribution < -0.4 is 10.6 Å². The van der Waals surface area contributed by atoms with E-state index < -0.39 is 0 Å². The molecule has 1 aromatic heterocycles. The Hall–Kier alpha value is -1.36. The summed E-state index contributed by atoms with van der Waals surface area (Å²) in [5.74, 6) is 1.46. The summed E-state index contributed by atoms with van der Waals surface area (Å²) in [4.78, 5) is 8.40. The summed E-state index contributed by atoms with van der Waals surface area (Å²) >= 11 is 0. The number of nitrogens with one attached hydrogen (secondary N) is 2. The Labute approximate surface area is 90.3 Å². The molecule has 0 amide bonds. The quantitative estimate of drug-likeness (QED) is 0.694. The molecule has 5 heteroatoms. The van der Waals surface area contributed by atoms with Crippen LogP contribution in [0.1, 0.15) is 13.8 Å². The second-order valence-corrected chi connectivity index (χ2v) is 3.48. The average molecular weight is 210 g/mol. The molecule has 1 heterocycles. The van der Waals surface area contributed by atoms with E-state index in [-0.39, 0.29) is 0 Å². The maximum Gasteiger partial charge on any atom is 0.224 e. The highest BCUT2D eigenvalue weighted by molar-refractivity contribution is 5.39. The predicted octanol–water partition coefficient (Wildman–Crippen LogP) is 1.36. The minimum absolute atomic E-state index is 0.367. The van der Waals surface area contributed by atoms with Crippen LogP contribution in [0.15, 0.2) is 12.3 Å². The summed E-state index contributed by atoms with van der Waals surface area (Å²) in [5.41, 5.74) is 0. The fraction of sp³-hybridized carbons (Fsp3) is 0.600. The SMILES string of the molecule is COCCNc1nccc(NC(C)C)n1. The number of anilines is 2. The lowest BCUT2D eigenvalue weighted by Gasteiger charge is -2.10. The van der Waals surface area contributed by atoms with E-state index in [1.165, 1.54) is 0 Å². The molecule has 1 aromatic rings. The van der Waals surface area contributed by atoms with Crippen LogP contribution in [0.5, 0.6) is 0 Å². The van der Waals surface area contributed by atoms with E-state index in [1.54, 1.807) is 13.3 Å². The van der Waals surface area contributed by atoms with Crippen LogP contribution in [0.4, 0.5) is 11.8 Å². The maximum absolute atomic E-state index is 4.92. The first-order valence-corrected chi connectivity index (χ1v) is 5.04. The number of ether oxygens (including phenoxy) is 1. The van der Waals surface area contributed by atoms with Gasteiger partial charge in [-0.3, -0.25) is 0 Å². The zero-order valence-electron chi connectivity index (χ0n) is 9.45. The fourth-order valence-electron chi connectivity index (χ4n) is 1.08. The van der Waals surface area contributed by atoms with Crippen molar-refractivity contribution in [2.75, 3.05) is 30.9 Å². The predicted molar refractivity (Wildman–Crippen MR) is 61.2 cm³/mol. The van der Waals surface area contributed by atoms with Crippen molar-refractivity contribution in [3.05, 3.63) is 12.3 Å². The molecule has 0 saturated carbocycles. The van der Waals surface area contributed by atoms with Crippen molar-refractivity contribution >= 4 is 11.8 Å². The Balaban J connectivity index is 2.50. The van der Waals surface area contributed by atoms with Crippen molar-refractivity contribution < 1.29 is 4.74 Å². The Morgan fingerprint density at radius 1 is 1.47 bits per heavy atom. The van der Waals surface area contributed by atoms with Gasteiger partial charge in [0.15, 0.2) is 0 Å². The van der Waals surface area contributed by atoms with Gasteiger partial charge < -0.3 is 15.4 Å². The Bertz CT molecular complexity index is 291. The Morgan fingerprint density at radius 3 is 2.93 bits per heavy atom. The summed E-state index contributed by atoms with van der Waals surface area (Å²) in [7, 11) is 1.67. The summed E-state index contributed by atoms with van der Waals surface area (Å²) in [6.07, 6.45) is 1.73. The third kappa shape index (κ3) is 4.60. The van der Waals surface area contributed by atoms with Gasteiger partial charge in [0.25, 0.3) is 0 Å². The first kappa shape index (κ1) is 11.7. The lowest BCUT2D eigenvalue weighted by atomic mass is 10.4. The molecule has 0 spiro atoms. The topological polar surface area (TPSA) is 59.1 Å². The van der Waals surface area contributed by atoms with Crippen LogP contribution in [0.2, 0.25) is 0 Å². The highest BCUT2D eigenvalue weighted by Crippen LogP contribution is 2.06. The highest BCUT2D eigenvalue weighted by Gasteiger charge is 1.99. The molecular weight excluding hydrogens is 192 g/mol. The summed E-state index contributed by atoms with van der Waals surface area (Å²) in [6.45, 7) is 5.49. The monoisotopic (exact) mass is 210 g/mol. The molecule has 0 radical (unpaired) electrons. The van der Waals surface area contributed by atoms with Crippen molar-refractivity contribution in [3.8, 4) is 0 Å². The molecule has 0 aliphatic rings. The zero-order chi connectivity index (χ0) is 11.1. The Morgan fingerprint density at radius 2 is 2.27 bits per heavy atom. The second-order valence-electron chi connectivity index (χ2n) is 3.48. The molecule has 0 bridgehead atoms. The third-order valence-electron chi connectivity index (χ3n) is 1.68. The molecule has 0 aliphatic heterocycles. The molecule has 0 fully saturated rings. The van der Waals surface area contributed by atoms with Crippen LogP contribution in [0.3, 0.4) is 0 Å². The number of methoxy groups -OCH3 is 1. The van der Waals surface area contributed by atoms with Gasteiger partial charge in [0.1, 0.15) is 5.82 Å². The van der Waals surface area contributed by atoms with Gasteiger partial charge in [0.05, 0.1) is 6.61 Å². The van der Waals surface area contributed by atoms with Crippen LogP contribution in [0, 0.1) is 0 Å². The zero-order valence-corrected chi connectivity index (χ0v) is 9.45. The number of rotatable bonds is 6. The molecule has 1 rings (SSSR count). The number of nitrogens with zero attached hydrogens (tertiary/aromatic N) is 2. The van der Waals surface area contributed by atoms with Gasteiger partial charge in [-0.2, -0.15) is 4.98 Å². The standard InChI is InChI=1S/C10H18N4O/c1-8(2)13-9-4-5-11-10(14-9)12-6-7-15-3/h4-5,8H,6-7H2,1-3H3,(H2,11,12,13,14). The highest BCUT2D eigenvalue weighted by atomic mass is 16.5. The van der Waals surface area contributed by atoms with E-state index in [9.17, 15) is 0 Å². The summed E-state index contributed by atoms with van der Waals surface area (Å²) in [5, 5.41) is 6.29. The molecule has 5 nitrogen and oxygen atoms in total. The lowest BCUT2D eigenvalue weighted by Crippen LogP contribution is -2.14. The molecule has 0 unspecified atom stereocenters. The van der Waals surface area contributed by atoms with Crippen LogP contribution in [0.25, 0.3) is 0 Å². The van der Waals surface area contributed by atoms with Gasteiger partial charge in [0.2, 0.25) is 5.95 Å². The maximum atomic E-state index is 4.92. The van der Waals surface area contributed by atoms with Crippen LogP contribution in [-0.4, -0.2) is 36.3 Å². The van der Waals surface area contributed by atoms with Crippen molar-refractivity contribution in [2.24, 2.45) is 0 Å². The molecule has 0 atom stereocenters. The van der Waals surface area contributed by atoms with Gasteiger partial charge in [-0.05, 0) is 19.9 Å². The van der Waals surface area contributed by atoms with Crippen molar-refractivity contribution in [1.29, 1.82) is 0 Å².